The highest BCUT2D eigenvalue weighted by Gasteiger charge is 2.27. The summed E-state index contributed by atoms with van der Waals surface area (Å²) in [6.45, 7) is 24.4. The molecule has 0 saturated heterocycles. The summed E-state index contributed by atoms with van der Waals surface area (Å²) in [6.07, 6.45) is 0. The summed E-state index contributed by atoms with van der Waals surface area (Å²) >= 11 is 0. The van der Waals surface area contributed by atoms with Gasteiger partial charge in [0.25, 0.3) is 0 Å². The van der Waals surface area contributed by atoms with Gasteiger partial charge in [-0.3, -0.25) is 0 Å². The van der Waals surface area contributed by atoms with Crippen LogP contribution in [-0.2, 0) is 16.2 Å². The molecule has 3 aromatic carbocycles. The second-order valence-corrected chi connectivity index (χ2v) is 14.1. The molecule has 3 aromatic rings. The second-order valence-electron chi connectivity index (χ2n) is 12.7. The molecule has 35 heavy (non-hydrogen) atoms. The molecule has 0 heterocycles. The lowest BCUT2D eigenvalue weighted by Gasteiger charge is -2.29. The highest BCUT2D eigenvalue weighted by atomic mass is 31.2. The smallest absolute Gasteiger partial charge is 0.326 e. The second kappa shape index (κ2) is 9.98. The van der Waals surface area contributed by atoms with Crippen molar-refractivity contribution in [2.75, 3.05) is 0 Å². The van der Waals surface area contributed by atoms with E-state index >= 15 is 0 Å². The Balaban J connectivity index is 2.05. The van der Waals surface area contributed by atoms with E-state index in [-0.39, 0.29) is 16.2 Å². The van der Waals surface area contributed by atoms with Crippen LogP contribution in [0.5, 0.6) is 11.5 Å². The number of aryl methyl sites for hydroxylation is 2. The fraction of sp³-hybridized carbons (Fsp3) is 0.438. The van der Waals surface area contributed by atoms with E-state index in [4.69, 9.17) is 9.05 Å². The van der Waals surface area contributed by atoms with Crippen LogP contribution in [0.2, 0.25) is 0 Å². The summed E-state index contributed by atoms with van der Waals surface area (Å²) in [6, 6.07) is 21.6. The first-order valence-corrected chi connectivity index (χ1v) is 13.7. The summed E-state index contributed by atoms with van der Waals surface area (Å²) < 4.78 is 13.4. The summed E-state index contributed by atoms with van der Waals surface area (Å²) in [5, 5.41) is 1.06. The Labute approximate surface area is 215 Å². The Morgan fingerprint density at radius 1 is 0.543 bits per heavy atom. The summed E-state index contributed by atoms with van der Waals surface area (Å²) in [5.41, 5.74) is 6.27. The SMILES string of the molecule is Cc1ccc(P(Oc2ccc(C(C)(C)C)cc2C)Oc2ccc(C(C)(C)C)cc2C(C)(C)C)cc1. The van der Waals surface area contributed by atoms with Gasteiger partial charge in [0.2, 0.25) is 0 Å². The van der Waals surface area contributed by atoms with E-state index in [1.54, 1.807) is 0 Å². The lowest BCUT2D eigenvalue weighted by Crippen LogP contribution is -2.18. The van der Waals surface area contributed by atoms with E-state index in [0.29, 0.717) is 0 Å². The van der Waals surface area contributed by atoms with Crippen LogP contribution in [-0.4, -0.2) is 0 Å². The first kappa shape index (κ1) is 27.3. The van der Waals surface area contributed by atoms with Gasteiger partial charge in [-0.1, -0.05) is 104 Å². The lowest BCUT2D eigenvalue weighted by atomic mass is 9.80. The highest BCUT2D eigenvalue weighted by molar-refractivity contribution is 7.56. The van der Waals surface area contributed by atoms with E-state index in [2.05, 4.69) is 137 Å². The van der Waals surface area contributed by atoms with Gasteiger partial charge in [-0.05, 0) is 71.0 Å². The van der Waals surface area contributed by atoms with Crippen LogP contribution < -0.4 is 14.4 Å². The van der Waals surface area contributed by atoms with Gasteiger partial charge in [-0.2, -0.15) is 0 Å². The topological polar surface area (TPSA) is 18.5 Å². The summed E-state index contributed by atoms with van der Waals surface area (Å²) in [7, 11) is -1.38. The minimum atomic E-state index is -1.38. The molecule has 3 heteroatoms. The molecular weight excluding hydrogens is 447 g/mol. The molecule has 2 nitrogen and oxygen atoms in total. The van der Waals surface area contributed by atoms with E-state index in [0.717, 1.165) is 22.4 Å². The fourth-order valence-corrected chi connectivity index (χ4v) is 5.21. The summed E-state index contributed by atoms with van der Waals surface area (Å²) in [5.74, 6) is 1.76. The third kappa shape index (κ3) is 6.89. The number of hydrogen-bond donors (Lipinski definition) is 0. The molecule has 0 aromatic heterocycles. The van der Waals surface area contributed by atoms with Crippen molar-refractivity contribution in [2.24, 2.45) is 0 Å². The van der Waals surface area contributed by atoms with Gasteiger partial charge >= 0.3 is 8.38 Å². The monoisotopic (exact) mass is 490 g/mol. The number of benzene rings is 3. The van der Waals surface area contributed by atoms with Crippen LogP contribution >= 0.6 is 8.38 Å². The van der Waals surface area contributed by atoms with E-state index in [1.165, 1.54) is 22.3 Å². The highest BCUT2D eigenvalue weighted by Crippen LogP contribution is 2.45. The van der Waals surface area contributed by atoms with E-state index < -0.39 is 8.38 Å². The minimum Gasteiger partial charge on any atom is -0.435 e. The van der Waals surface area contributed by atoms with Gasteiger partial charge in [-0.15, -0.1) is 0 Å². The van der Waals surface area contributed by atoms with E-state index in [1.807, 2.05) is 0 Å². The van der Waals surface area contributed by atoms with Crippen molar-refractivity contribution in [3.05, 3.63) is 88.5 Å². The molecule has 0 aliphatic carbocycles. The third-order valence-corrected chi connectivity index (χ3v) is 7.75. The van der Waals surface area contributed by atoms with Crippen molar-refractivity contribution >= 4 is 13.7 Å². The van der Waals surface area contributed by atoms with Gasteiger partial charge in [0.05, 0.1) is 5.30 Å². The first-order chi connectivity index (χ1) is 16.1. The number of rotatable bonds is 5. The molecule has 0 saturated carbocycles. The van der Waals surface area contributed by atoms with Crippen LogP contribution in [0.15, 0.2) is 60.7 Å². The molecule has 0 N–H and O–H groups in total. The molecule has 1 atom stereocenters. The van der Waals surface area contributed by atoms with Crippen molar-refractivity contribution in [1.29, 1.82) is 0 Å². The maximum absolute atomic E-state index is 6.76. The van der Waals surface area contributed by atoms with Crippen molar-refractivity contribution in [1.82, 2.24) is 0 Å². The molecule has 0 bridgehead atoms. The van der Waals surface area contributed by atoms with Crippen molar-refractivity contribution < 1.29 is 9.05 Å². The average molecular weight is 491 g/mol. The van der Waals surface area contributed by atoms with Crippen molar-refractivity contribution in [3.8, 4) is 11.5 Å². The standard InChI is InChI=1S/C32H43O2P/c1-22-12-16-26(17-13-22)35(33-28-18-14-24(20-23(28)2)30(3,4)5)34-29-19-15-25(31(6,7)8)21-27(29)32(9,10)11/h12-21H,1-11H3. The van der Waals surface area contributed by atoms with Crippen LogP contribution in [0.25, 0.3) is 0 Å². The fourth-order valence-electron chi connectivity index (χ4n) is 3.85. The molecule has 0 amide bonds. The lowest BCUT2D eigenvalue weighted by molar-refractivity contribution is 0.478. The zero-order valence-corrected chi connectivity index (χ0v) is 24.4. The Morgan fingerprint density at radius 2 is 1.03 bits per heavy atom. The predicted octanol–water partition coefficient (Wildman–Crippen LogP) is 9.29. The zero-order valence-electron chi connectivity index (χ0n) is 23.5. The molecular formula is C32H43O2P. The number of hydrogen-bond acceptors (Lipinski definition) is 2. The van der Waals surface area contributed by atoms with Gasteiger partial charge < -0.3 is 9.05 Å². The molecule has 0 spiro atoms. The Bertz CT molecular complexity index is 1160. The zero-order chi connectivity index (χ0) is 26.2. The molecule has 1 unspecified atom stereocenters. The Kier molecular flexibility index (Phi) is 7.78. The molecule has 0 aliphatic heterocycles. The summed E-state index contributed by atoms with van der Waals surface area (Å²) in [4.78, 5) is 0. The molecule has 0 radical (unpaired) electrons. The van der Waals surface area contributed by atoms with Crippen LogP contribution in [0, 0.1) is 13.8 Å². The third-order valence-electron chi connectivity index (χ3n) is 6.30. The minimum absolute atomic E-state index is 0.0604. The van der Waals surface area contributed by atoms with Gasteiger partial charge in [0.1, 0.15) is 11.5 Å². The normalized spacial score (nSPS) is 13.5. The quantitative estimate of drug-likeness (QED) is 0.332. The molecule has 3 rings (SSSR count). The molecule has 188 valence electrons. The largest absolute Gasteiger partial charge is 0.435 e. The Hall–Kier alpha value is -2.31. The van der Waals surface area contributed by atoms with Crippen LogP contribution in [0.1, 0.15) is 90.1 Å². The van der Waals surface area contributed by atoms with Crippen LogP contribution in [0.4, 0.5) is 0 Å². The average Bonchev–Trinajstić information content (AvgIpc) is 2.73. The Morgan fingerprint density at radius 3 is 1.51 bits per heavy atom. The predicted molar refractivity (Wildman–Crippen MR) is 153 cm³/mol. The molecule has 0 aliphatic rings. The van der Waals surface area contributed by atoms with E-state index in [9.17, 15) is 0 Å². The molecule has 0 fully saturated rings. The maximum atomic E-state index is 6.76. The van der Waals surface area contributed by atoms with Gasteiger partial charge in [-0.25, -0.2) is 0 Å². The van der Waals surface area contributed by atoms with Gasteiger partial charge in [0, 0.05) is 5.56 Å². The first-order valence-electron chi connectivity index (χ1n) is 12.5. The van der Waals surface area contributed by atoms with Crippen molar-refractivity contribution in [3.63, 3.8) is 0 Å². The maximum Gasteiger partial charge on any atom is 0.326 e. The van der Waals surface area contributed by atoms with Crippen LogP contribution in [0.3, 0.4) is 0 Å². The van der Waals surface area contributed by atoms with Crippen molar-refractivity contribution in [2.45, 2.75) is 92.4 Å². The van der Waals surface area contributed by atoms with Gasteiger partial charge in [0.15, 0.2) is 0 Å².